The van der Waals surface area contributed by atoms with Crippen molar-refractivity contribution in [3.05, 3.63) is 71.8 Å². The molecule has 0 bridgehead atoms. The van der Waals surface area contributed by atoms with Crippen LogP contribution in [0.25, 0.3) is 10.8 Å². The molecule has 1 heterocycles. The first-order chi connectivity index (χ1) is 17.6. The summed E-state index contributed by atoms with van der Waals surface area (Å²) in [7, 11) is -3.87. The highest BCUT2D eigenvalue weighted by Crippen LogP contribution is 2.31. The van der Waals surface area contributed by atoms with Crippen LogP contribution in [0.5, 0.6) is 0 Å². The van der Waals surface area contributed by atoms with Gasteiger partial charge in [0.05, 0.1) is 4.90 Å². The standard InChI is InChI=1S/C29H35N3O4S/c1-5-10-27(33)32-17-20(3)28(21(4)18-32)31-37(35,36)26-16-15-25(23-13-8-9-14-24(23)26)30-29(34)22-12-7-6-11-19(22)2/h6-9,11-16,20-21,28,31H,5,10,17-18H2,1-4H3,(H,30,34)/t20-,21+,28+. The Bertz CT molecular complexity index is 1410. The van der Waals surface area contributed by atoms with Crippen molar-refractivity contribution >= 4 is 38.3 Å². The maximum Gasteiger partial charge on any atom is 0.255 e. The monoisotopic (exact) mass is 521 g/mol. The first-order valence-electron chi connectivity index (χ1n) is 12.8. The minimum Gasteiger partial charge on any atom is -0.342 e. The van der Waals surface area contributed by atoms with Crippen molar-refractivity contribution in [2.75, 3.05) is 18.4 Å². The summed E-state index contributed by atoms with van der Waals surface area (Å²) in [5.41, 5.74) is 1.97. The molecule has 2 N–H and O–H groups in total. The number of fused-ring (bicyclic) bond motifs is 1. The van der Waals surface area contributed by atoms with Crippen LogP contribution < -0.4 is 10.0 Å². The number of hydrogen-bond donors (Lipinski definition) is 2. The van der Waals surface area contributed by atoms with Crippen molar-refractivity contribution < 1.29 is 18.0 Å². The Morgan fingerprint density at radius 2 is 1.54 bits per heavy atom. The Balaban J connectivity index is 1.60. The van der Waals surface area contributed by atoms with Gasteiger partial charge in [-0.05, 0) is 48.9 Å². The lowest BCUT2D eigenvalue weighted by Gasteiger charge is -2.41. The molecule has 3 aromatic rings. The van der Waals surface area contributed by atoms with E-state index in [1.165, 1.54) is 0 Å². The van der Waals surface area contributed by atoms with Crippen LogP contribution in [0.2, 0.25) is 0 Å². The Labute approximate surface area is 219 Å². The van der Waals surface area contributed by atoms with E-state index in [2.05, 4.69) is 10.0 Å². The number of aryl methyl sites for hydroxylation is 1. The summed E-state index contributed by atoms with van der Waals surface area (Å²) in [6.45, 7) is 8.88. The van der Waals surface area contributed by atoms with E-state index in [0.29, 0.717) is 41.5 Å². The lowest BCUT2D eigenvalue weighted by atomic mass is 9.86. The van der Waals surface area contributed by atoms with Gasteiger partial charge in [0.2, 0.25) is 15.9 Å². The van der Waals surface area contributed by atoms with E-state index in [-0.39, 0.29) is 34.6 Å². The van der Waals surface area contributed by atoms with E-state index in [1.807, 2.05) is 62.9 Å². The minimum atomic E-state index is -3.87. The largest absolute Gasteiger partial charge is 0.342 e. The van der Waals surface area contributed by atoms with Gasteiger partial charge in [-0.1, -0.05) is 63.2 Å². The number of nitrogens with zero attached hydrogens (tertiary/aromatic N) is 1. The van der Waals surface area contributed by atoms with Gasteiger partial charge in [-0.25, -0.2) is 13.1 Å². The maximum absolute atomic E-state index is 13.6. The molecule has 0 spiro atoms. The van der Waals surface area contributed by atoms with Crippen molar-refractivity contribution in [2.45, 2.75) is 51.5 Å². The molecule has 196 valence electrons. The molecule has 0 radical (unpaired) electrons. The fourth-order valence-electron chi connectivity index (χ4n) is 5.24. The van der Waals surface area contributed by atoms with E-state index in [0.717, 1.165) is 12.0 Å². The SMILES string of the molecule is CCCC(=O)N1C[C@@H](C)[C@H](NS(=O)(=O)c2ccc(NC(=O)c3ccccc3C)c3ccccc23)[C@@H](C)C1. The van der Waals surface area contributed by atoms with Crippen LogP contribution in [0.3, 0.4) is 0 Å². The summed E-state index contributed by atoms with van der Waals surface area (Å²) in [4.78, 5) is 27.4. The second kappa shape index (κ2) is 11.0. The van der Waals surface area contributed by atoms with E-state index < -0.39 is 10.0 Å². The number of benzene rings is 3. The third-order valence-corrected chi connectivity index (χ3v) is 8.68. The Kier molecular flexibility index (Phi) is 7.99. The van der Waals surface area contributed by atoms with Gasteiger partial charge in [0, 0.05) is 47.6 Å². The highest BCUT2D eigenvalue weighted by atomic mass is 32.2. The summed E-state index contributed by atoms with van der Waals surface area (Å²) < 4.78 is 30.2. The van der Waals surface area contributed by atoms with Crippen molar-refractivity contribution in [3.8, 4) is 0 Å². The highest BCUT2D eigenvalue weighted by molar-refractivity contribution is 7.89. The molecule has 1 fully saturated rings. The zero-order valence-electron chi connectivity index (χ0n) is 21.8. The van der Waals surface area contributed by atoms with Crippen LogP contribution in [-0.4, -0.2) is 44.3 Å². The second-order valence-corrected chi connectivity index (χ2v) is 11.8. The van der Waals surface area contributed by atoms with Crippen LogP contribution in [0.1, 0.15) is 49.5 Å². The molecule has 0 aromatic heterocycles. The predicted octanol–water partition coefficient (Wildman–Crippen LogP) is 4.96. The molecule has 3 aromatic carbocycles. The molecule has 1 aliphatic heterocycles. The number of sulfonamides is 1. The second-order valence-electron chi connectivity index (χ2n) is 10.1. The van der Waals surface area contributed by atoms with Gasteiger partial charge in [-0.15, -0.1) is 0 Å². The summed E-state index contributed by atoms with van der Waals surface area (Å²) >= 11 is 0. The van der Waals surface area contributed by atoms with E-state index in [1.54, 1.807) is 30.3 Å². The van der Waals surface area contributed by atoms with Gasteiger partial charge < -0.3 is 10.2 Å². The molecule has 0 saturated carbocycles. The molecular formula is C29H35N3O4S. The number of hydrogen-bond acceptors (Lipinski definition) is 4. The van der Waals surface area contributed by atoms with Gasteiger partial charge in [0.1, 0.15) is 0 Å². The van der Waals surface area contributed by atoms with Crippen LogP contribution in [0, 0.1) is 18.8 Å². The molecule has 8 heteroatoms. The Morgan fingerprint density at radius 1 is 0.919 bits per heavy atom. The Morgan fingerprint density at radius 3 is 2.19 bits per heavy atom. The van der Waals surface area contributed by atoms with Crippen LogP contribution in [-0.2, 0) is 14.8 Å². The van der Waals surface area contributed by atoms with Crippen LogP contribution in [0.4, 0.5) is 5.69 Å². The van der Waals surface area contributed by atoms with Gasteiger partial charge >= 0.3 is 0 Å². The lowest BCUT2D eigenvalue weighted by Crippen LogP contribution is -2.56. The van der Waals surface area contributed by atoms with E-state index in [4.69, 9.17) is 0 Å². The molecule has 4 rings (SSSR count). The third kappa shape index (κ3) is 5.70. The molecule has 7 nitrogen and oxygen atoms in total. The van der Waals surface area contributed by atoms with E-state index in [9.17, 15) is 18.0 Å². The Hall–Kier alpha value is -3.23. The zero-order valence-corrected chi connectivity index (χ0v) is 22.6. The average molecular weight is 522 g/mol. The summed E-state index contributed by atoms with van der Waals surface area (Å²) in [6, 6.07) is 17.4. The number of anilines is 1. The average Bonchev–Trinajstić information content (AvgIpc) is 2.86. The van der Waals surface area contributed by atoms with Crippen molar-refractivity contribution in [1.29, 1.82) is 0 Å². The summed E-state index contributed by atoms with van der Waals surface area (Å²) in [5, 5.41) is 4.13. The van der Waals surface area contributed by atoms with Gasteiger partial charge in [-0.3, -0.25) is 9.59 Å². The molecule has 1 saturated heterocycles. The van der Waals surface area contributed by atoms with Gasteiger partial charge in [0.25, 0.3) is 5.91 Å². The molecule has 2 amide bonds. The number of nitrogens with one attached hydrogen (secondary N) is 2. The molecular weight excluding hydrogens is 486 g/mol. The number of carbonyl (C=O) groups excluding carboxylic acids is 2. The normalized spacial score (nSPS) is 20.1. The first-order valence-corrected chi connectivity index (χ1v) is 14.3. The molecule has 0 aliphatic carbocycles. The summed E-state index contributed by atoms with van der Waals surface area (Å²) in [5.74, 6) is -0.183. The van der Waals surface area contributed by atoms with Gasteiger partial charge in [0.15, 0.2) is 0 Å². The molecule has 1 aliphatic rings. The predicted molar refractivity (Wildman–Crippen MR) is 147 cm³/mol. The van der Waals surface area contributed by atoms with Gasteiger partial charge in [-0.2, -0.15) is 0 Å². The lowest BCUT2D eigenvalue weighted by molar-refractivity contribution is -0.134. The number of carbonyl (C=O) groups is 2. The smallest absolute Gasteiger partial charge is 0.255 e. The molecule has 3 atom stereocenters. The van der Waals surface area contributed by atoms with E-state index >= 15 is 0 Å². The van der Waals surface area contributed by atoms with Crippen LogP contribution >= 0.6 is 0 Å². The third-order valence-electron chi connectivity index (χ3n) is 7.16. The topological polar surface area (TPSA) is 95.6 Å². The number of amides is 2. The fraction of sp³-hybridized carbons (Fsp3) is 0.379. The first kappa shape index (κ1) is 26.8. The highest BCUT2D eigenvalue weighted by Gasteiger charge is 2.36. The quantitative estimate of drug-likeness (QED) is 0.459. The summed E-state index contributed by atoms with van der Waals surface area (Å²) in [6.07, 6.45) is 1.30. The molecule has 37 heavy (non-hydrogen) atoms. The fourth-order valence-corrected chi connectivity index (χ4v) is 6.90. The number of rotatable bonds is 7. The maximum atomic E-state index is 13.6. The van der Waals surface area contributed by atoms with Crippen molar-refractivity contribution in [1.82, 2.24) is 9.62 Å². The van der Waals surface area contributed by atoms with Crippen molar-refractivity contribution in [2.24, 2.45) is 11.8 Å². The van der Waals surface area contributed by atoms with Crippen molar-refractivity contribution in [3.63, 3.8) is 0 Å². The zero-order chi connectivity index (χ0) is 26.7. The molecule has 0 unspecified atom stereocenters. The number of piperidine rings is 1. The number of likely N-dealkylation sites (tertiary alicyclic amines) is 1. The minimum absolute atomic E-state index is 0.0294. The van der Waals surface area contributed by atoms with Crippen LogP contribution in [0.15, 0.2) is 65.6 Å².